The summed E-state index contributed by atoms with van der Waals surface area (Å²) >= 11 is 0. The molecule has 0 spiro atoms. The van der Waals surface area contributed by atoms with E-state index in [1.54, 1.807) is 6.21 Å². The standard InChI is InChI=1S/C19H23N9O3/c1-2-13-3-5-14(6-4-13)11-21-23-19(29)16-15(12-27-7-9-30-10-8-27)22-26-28(16)18-17(20)24-31-25-18/h3-6,11H,2,7-10,12H2,1H3,(H2,20,24)(H,23,29)/b21-11+. The van der Waals surface area contributed by atoms with E-state index in [0.29, 0.717) is 25.5 Å². The summed E-state index contributed by atoms with van der Waals surface area (Å²) in [5, 5.41) is 19.6. The van der Waals surface area contributed by atoms with Crippen molar-refractivity contribution in [3.8, 4) is 5.82 Å². The van der Waals surface area contributed by atoms with Crippen LogP contribution in [0, 0.1) is 0 Å². The number of benzene rings is 1. The van der Waals surface area contributed by atoms with Crippen molar-refractivity contribution in [1.82, 2.24) is 35.6 Å². The number of nitrogens with zero attached hydrogens (tertiary/aromatic N) is 7. The molecule has 1 fully saturated rings. The minimum absolute atomic E-state index is 0.00334. The van der Waals surface area contributed by atoms with Crippen LogP contribution in [0.1, 0.15) is 34.2 Å². The highest BCUT2D eigenvalue weighted by atomic mass is 16.6. The van der Waals surface area contributed by atoms with Gasteiger partial charge in [-0.2, -0.15) is 9.78 Å². The number of aryl methyl sites for hydroxylation is 1. The topological polar surface area (TPSA) is 150 Å². The highest BCUT2D eigenvalue weighted by molar-refractivity contribution is 5.95. The molecule has 1 saturated heterocycles. The van der Waals surface area contributed by atoms with Gasteiger partial charge in [0.2, 0.25) is 11.6 Å². The summed E-state index contributed by atoms with van der Waals surface area (Å²) in [6.45, 7) is 5.21. The lowest BCUT2D eigenvalue weighted by Crippen LogP contribution is -2.36. The first kappa shape index (κ1) is 20.6. The Bertz CT molecular complexity index is 1050. The molecular weight excluding hydrogens is 402 g/mol. The Morgan fingerprint density at radius 1 is 1.26 bits per heavy atom. The summed E-state index contributed by atoms with van der Waals surface area (Å²) in [6.07, 6.45) is 2.52. The van der Waals surface area contributed by atoms with Gasteiger partial charge in [-0.1, -0.05) is 36.4 Å². The van der Waals surface area contributed by atoms with Gasteiger partial charge in [-0.3, -0.25) is 9.69 Å². The minimum Gasteiger partial charge on any atom is -0.379 e. The molecule has 1 aliphatic heterocycles. The summed E-state index contributed by atoms with van der Waals surface area (Å²) in [5.41, 5.74) is 11.0. The Kier molecular flexibility index (Phi) is 6.29. The van der Waals surface area contributed by atoms with E-state index in [2.05, 4.69) is 47.6 Å². The van der Waals surface area contributed by atoms with Crippen LogP contribution in [0.4, 0.5) is 5.82 Å². The fourth-order valence-corrected chi connectivity index (χ4v) is 3.16. The number of amides is 1. The molecule has 4 rings (SSSR count). The molecule has 2 aromatic heterocycles. The third-order valence-electron chi connectivity index (χ3n) is 4.90. The number of nitrogens with one attached hydrogen (secondary N) is 1. The second kappa shape index (κ2) is 9.45. The van der Waals surface area contributed by atoms with Gasteiger partial charge >= 0.3 is 0 Å². The second-order valence-corrected chi connectivity index (χ2v) is 6.95. The zero-order valence-electron chi connectivity index (χ0n) is 17.1. The molecule has 0 radical (unpaired) electrons. The molecule has 31 heavy (non-hydrogen) atoms. The summed E-state index contributed by atoms with van der Waals surface area (Å²) in [5.74, 6) is -0.418. The SMILES string of the molecule is CCc1ccc(/C=N/NC(=O)c2c(CN3CCOCC3)nnn2-c2nonc2N)cc1. The molecule has 0 saturated carbocycles. The third-order valence-corrected chi connectivity index (χ3v) is 4.90. The van der Waals surface area contributed by atoms with Crippen LogP contribution in [0.15, 0.2) is 34.0 Å². The van der Waals surface area contributed by atoms with Gasteiger partial charge in [0.25, 0.3) is 5.91 Å². The molecular formula is C19H23N9O3. The summed E-state index contributed by atoms with van der Waals surface area (Å²) < 4.78 is 11.2. The van der Waals surface area contributed by atoms with Crippen LogP contribution in [0.25, 0.3) is 5.82 Å². The van der Waals surface area contributed by atoms with Crippen LogP contribution in [0.2, 0.25) is 0 Å². The van der Waals surface area contributed by atoms with E-state index in [1.165, 1.54) is 10.2 Å². The zero-order valence-corrected chi connectivity index (χ0v) is 17.1. The van der Waals surface area contributed by atoms with E-state index in [9.17, 15) is 4.79 Å². The van der Waals surface area contributed by atoms with Crippen LogP contribution >= 0.6 is 0 Å². The first-order valence-corrected chi connectivity index (χ1v) is 9.91. The number of morpholine rings is 1. The lowest BCUT2D eigenvalue weighted by molar-refractivity contribution is 0.0335. The van der Waals surface area contributed by atoms with Crippen LogP contribution in [-0.2, 0) is 17.7 Å². The first-order chi connectivity index (χ1) is 15.2. The number of hydrogen-bond donors (Lipinski definition) is 2. The quantitative estimate of drug-likeness (QED) is 0.405. The van der Waals surface area contributed by atoms with Crippen molar-refractivity contribution in [2.75, 3.05) is 32.0 Å². The van der Waals surface area contributed by atoms with Gasteiger partial charge in [-0.15, -0.1) is 5.10 Å². The van der Waals surface area contributed by atoms with Crippen LogP contribution < -0.4 is 11.2 Å². The number of hydrazone groups is 1. The molecule has 1 aliphatic rings. The molecule has 12 nitrogen and oxygen atoms in total. The van der Waals surface area contributed by atoms with Crippen LogP contribution in [-0.4, -0.2) is 68.6 Å². The third kappa shape index (κ3) is 4.75. The summed E-state index contributed by atoms with van der Waals surface area (Å²) in [4.78, 5) is 15.1. The van der Waals surface area contributed by atoms with Gasteiger partial charge in [-0.25, -0.2) is 10.1 Å². The summed E-state index contributed by atoms with van der Waals surface area (Å²) in [6, 6.07) is 7.91. The molecule has 3 aromatic rings. The van der Waals surface area contributed by atoms with Crippen molar-refractivity contribution in [2.24, 2.45) is 5.10 Å². The Labute approximate surface area is 178 Å². The number of ether oxygens (including phenoxy) is 1. The molecule has 3 heterocycles. The molecule has 0 unspecified atom stereocenters. The average molecular weight is 425 g/mol. The van der Waals surface area contributed by atoms with Crippen molar-refractivity contribution in [2.45, 2.75) is 19.9 Å². The fourth-order valence-electron chi connectivity index (χ4n) is 3.16. The molecule has 162 valence electrons. The number of anilines is 1. The molecule has 1 amide bonds. The van der Waals surface area contributed by atoms with E-state index < -0.39 is 5.91 Å². The molecule has 0 atom stereocenters. The molecule has 0 bridgehead atoms. The zero-order chi connectivity index (χ0) is 21.6. The number of carbonyl (C=O) groups excluding carboxylic acids is 1. The number of hydrogen-bond acceptors (Lipinski definition) is 10. The minimum atomic E-state index is -0.503. The van der Waals surface area contributed by atoms with Gasteiger partial charge in [0.05, 0.1) is 19.4 Å². The highest BCUT2D eigenvalue weighted by Crippen LogP contribution is 2.17. The average Bonchev–Trinajstić information content (AvgIpc) is 3.40. The lowest BCUT2D eigenvalue weighted by atomic mass is 10.1. The number of rotatable bonds is 7. The van der Waals surface area contributed by atoms with Crippen molar-refractivity contribution in [3.63, 3.8) is 0 Å². The van der Waals surface area contributed by atoms with Crippen LogP contribution in [0.5, 0.6) is 0 Å². The van der Waals surface area contributed by atoms with E-state index >= 15 is 0 Å². The van der Waals surface area contributed by atoms with E-state index in [0.717, 1.165) is 25.1 Å². The molecule has 1 aromatic carbocycles. The van der Waals surface area contributed by atoms with Gasteiger partial charge < -0.3 is 10.5 Å². The van der Waals surface area contributed by atoms with E-state index in [1.807, 2.05) is 24.3 Å². The second-order valence-electron chi connectivity index (χ2n) is 6.95. The number of nitrogen functional groups attached to an aromatic ring is 1. The van der Waals surface area contributed by atoms with Crippen molar-refractivity contribution >= 4 is 17.9 Å². The van der Waals surface area contributed by atoms with Crippen LogP contribution in [0.3, 0.4) is 0 Å². The molecule has 3 N–H and O–H groups in total. The van der Waals surface area contributed by atoms with Gasteiger partial charge in [0, 0.05) is 19.6 Å². The molecule has 0 aliphatic carbocycles. The Morgan fingerprint density at radius 3 is 2.71 bits per heavy atom. The first-order valence-electron chi connectivity index (χ1n) is 9.91. The maximum absolute atomic E-state index is 13.0. The summed E-state index contributed by atoms with van der Waals surface area (Å²) in [7, 11) is 0. The van der Waals surface area contributed by atoms with Gasteiger partial charge in [0.15, 0.2) is 5.69 Å². The monoisotopic (exact) mass is 425 g/mol. The predicted octanol–water partition coefficient (Wildman–Crippen LogP) is 0.391. The van der Waals surface area contributed by atoms with Gasteiger partial charge in [-0.05, 0) is 27.9 Å². The van der Waals surface area contributed by atoms with Gasteiger partial charge in [0.1, 0.15) is 5.69 Å². The highest BCUT2D eigenvalue weighted by Gasteiger charge is 2.26. The van der Waals surface area contributed by atoms with E-state index in [-0.39, 0.29) is 17.3 Å². The maximum Gasteiger partial charge on any atom is 0.292 e. The van der Waals surface area contributed by atoms with Crippen molar-refractivity contribution in [3.05, 3.63) is 46.8 Å². The maximum atomic E-state index is 13.0. The largest absolute Gasteiger partial charge is 0.379 e. The smallest absolute Gasteiger partial charge is 0.292 e. The number of aromatic nitrogens is 5. The predicted molar refractivity (Wildman–Crippen MR) is 111 cm³/mol. The van der Waals surface area contributed by atoms with E-state index in [4.69, 9.17) is 10.5 Å². The van der Waals surface area contributed by atoms with Crippen molar-refractivity contribution in [1.29, 1.82) is 0 Å². The molecule has 12 heteroatoms. The van der Waals surface area contributed by atoms with Crippen molar-refractivity contribution < 1.29 is 14.2 Å². The number of nitrogens with two attached hydrogens (primary N) is 1. The number of carbonyl (C=O) groups is 1. The Balaban J connectivity index is 1.56. The Morgan fingerprint density at radius 2 is 2.03 bits per heavy atom. The lowest BCUT2D eigenvalue weighted by Gasteiger charge is -2.25. The fraction of sp³-hybridized carbons (Fsp3) is 0.368. The normalized spacial score (nSPS) is 14.9. The Hall–Kier alpha value is -3.64.